The van der Waals surface area contributed by atoms with Gasteiger partial charge in [-0.05, 0) is 17.9 Å². The molecule has 0 aliphatic rings. The van der Waals surface area contributed by atoms with Gasteiger partial charge in [0.15, 0.2) is 5.78 Å². The third kappa shape index (κ3) is 4.12. The van der Waals surface area contributed by atoms with Crippen LogP contribution in [0, 0.1) is 0 Å². The Morgan fingerprint density at radius 2 is 2.18 bits per heavy atom. The molecule has 1 aromatic heterocycles. The van der Waals surface area contributed by atoms with Crippen LogP contribution in [0.25, 0.3) is 0 Å². The van der Waals surface area contributed by atoms with Gasteiger partial charge in [0.2, 0.25) is 0 Å². The number of rotatable bonds is 7. The van der Waals surface area contributed by atoms with E-state index in [2.05, 4.69) is 0 Å². The zero-order valence-corrected chi connectivity index (χ0v) is 11.6. The van der Waals surface area contributed by atoms with E-state index in [1.165, 1.54) is 18.4 Å². The predicted molar refractivity (Wildman–Crippen MR) is 68.8 cm³/mol. The van der Waals surface area contributed by atoms with Gasteiger partial charge >= 0.3 is 0 Å². The number of ketones is 1. The van der Waals surface area contributed by atoms with Gasteiger partial charge in [-0.3, -0.25) is 4.79 Å². The minimum Gasteiger partial charge on any atom is -0.495 e. The average Bonchev–Trinajstić information content (AvgIpc) is 2.76. The molecule has 0 amide bonds. The van der Waals surface area contributed by atoms with Crippen LogP contribution in [0.2, 0.25) is 0 Å². The average molecular weight is 276 g/mol. The first-order valence-corrected chi connectivity index (χ1v) is 8.05. The lowest BCUT2D eigenvalue weighted by atomic mass is 10.2. The van der Waals surface area contributed by atoms with E-state index < -0.39 is 9.84 Å². The molecule has 17 heavy (non-hydrogen) atoms. The lowest BCUT2D eigenvalue weighted by Gasteiger charge is -2.02. The summed E-state index contributed by atoms with van der Waals surface area (Å²) in [5.74, 6) is 0.716. The van der Waals surface area contributed by atoms with Crippen molar-refractivity contribution in [2.24, 2.45) is 0 Å². The molecule has 4 nitrogen and oxygen atoms in total. The molecule has 0 bridgehead atoms. The third-order valence-corrected chi connectivity index (χ3v) is 5.13. The second kappa shape index (κ2) is 6.16. The lowest BCUT2D eigenvalue weighted by Crippen LogP contribution is -2.10. The zero-order valence-electron chi connectivity index (χ0n) is 9.93. The molecule has 0 atom stereocenters. The van der Waals surface area contributed by atoms with Crippen LogP contribution in [0.1, 0.15) is 29.4 Å². The third-order valence-electron chi connectivity index (χ3n) is 2.40. The van der Waals surface area contributed by atoms with E-state index >= 15 is 0 Å². The van der Waals surface area contributed by atoms with E-state index in [4.69, 9.17) is 4.74 Å². The van der Waals surface area contributed by atoms with Crippen molar-refractivity contribution >= 4 is 27.0 Å². The van der Waals surface area contributed by atoms with E-state index in [-0.39, 0.29) is 23.7 Å². The molecule has 0 fully saturated rings. The summed E-state index contributed by atoms with van der Waals surface area (Å²) < 4.78 is 27.6. The number of hydrogen-bond donors (Lipinski definition) is 0. The Kier molecular flexibility index (Phi) is 5.14. The summed E-state index contributed by atoms with van der Waals surface area (Å²) in [5, 5.41) is 1.79. The van der Waals surface area contributed by atoms with Gasteiger partial charge in [-0.15, -0.1) is 11.3 Å². The number of carbonyl (C=O) groups is 1. The Labute approximate surface area is 106 Å². The largest absolute Gasteiger partial charge is 0.495 e. The molecule has 0 N–H and O–H groups in total. The molecule has 0 spiro atoms. The fraction of sp³-hybridized carbons (Fsp3) is 0.545. The van der Waals surface area contributed by atoms with Crippen molar-refractivity contribution in [2.75, 3.05) is 18.6 Å². The van der Waals surface area contributed by atoms with E-state index in [9.17, 15) is 13.2 Å². The Balaban J connectivity index is 2.51. The van der Waals surface area contributed by atoms with E-state index in [0.717, 1.165) is 0 Å². The first-order chi connectivity index (χ1) is 8.00. The molecule has 0 aliphatic carbocycles. The number of thiophene rings is 1. The summed E-state index contributed by atoms with van der Waals surface area (Å²) in [6.07, 6.45) is 0.617. The van der Waals surface area contributed by atoms with Crippen molar-refractivity contribution in [3.05, 3.63) is 16.3 Å². The molecule has 6 heteroatoms. The Morgan fingerprint density at radius 1 is 1.47 bits per heavy atom. The molecule has 1 heterocycles. The SMILES string of the molecule is CCS(=O)(=O)CCCC(=O)c1sccc1OC. The molecular formula is C11H16O4S2. The van der Waals surface area contributed by atoms with Gasteiger partial charge in [0, 0.05) is 12.2 Å². The Morgan fingerprint density at radius 3 is 2.76 bits per heavy atom. The number of sulfone groups is 1. The minimum atomic E-state index is -2.98. The quantitative estimate of drug-likeness (QED) is 0.716. The van der Waals surface area contributed by atoms with Crippen molar-refractivity contribution < 1.29 is 17.9 Å². The summed E-state index contributed by atoms with van der Waals surface area (Å²) in [4.78, 5) is 12.4. The standard InChI is InChI=1S/C11H16O4S2/c1-3-17(13,14)8-4-5-9(12)11-10(15-2)6-7-16-11/h6-7H,3-5,8H2,1-2H3. The Hall–Kier alpha value is -0.880. The maximum absolute atomic E-state index is 11.8. The van der Waals surface area contributed by atoms with Crippen LogP contribution >= 0.6 is 11.3 Å². The fourth-order valence-electron chi connectivity index (χ4n) is 1.37. The topological polar surface area (TPSA) is 60.4 Å². The minimum absolute atomic E-state index is 0.0526. The van der Waals surface area contributed by atoms with Crippen molar-refractivity contribution in [2.45, 2.75) is 19.8 Å². The molecule has 0 radical (unpaired) electrons. The molecule has 0 saturated carbocycles. The van der Waals surface area contributed by atoms with Crippen molar-refractivity contribution in [1.29, 1.82) is 0 Å². The highest BCUT2D eigenvalue weighted by molar-refractivity contribution is 7.91. The maximum atomic E-state index is 11.8. The number of methoxy groups -OCH3 is 1. The summed E-state index contributed by atoms with van der Waals surface area (Å²) in [5.41, 5.74) is 0. The van der Waals surface area contributed by atoms with Gasteiger partial charge < -0.3 is 4.74 Å². The van der Waals surface area contributed by atoms with Crippen LogP contribution in [-0.4, -0.2) is 32.8 Å². The molecular weight excluding hydrogens is 260 g/mol. The molecule has 1 rings (SSSR count). The monoisotopic (exact) mass is 276 g/mol. The van der Waals surface area contributed by atoms with Gasteiger partial charge in [-0.1, -0.05) is 6.92 Å². The van der Waals surface area contributed by atoms with Crippen LogP contribution in [0.3, 0.4) is 0 Å². The van der Waals surface area contributed by atoms with Gasteiger partial charge in [0.1, 0.15) is 20.5 Å². The van der Waals surface area contributed by atoms with Gasteiger partial charge in [0.25, 0.3) is 0 Å². The Bertz CT molecular complexity index is 473. The van der Waals surface area contributed by atoms with Crippen LogP contribution in [0.4, 0.5) is 0 Å². The molecule has 1 aromatic rings. The van der Waals surface area contributed by atoms with Gasteiger partial charge in [0.05, 0.1) is 12.9 Å². The van der Waals surface area contributed by atoms with Gasteiger partial charge in [-0.25, -0.2) is 8.42 Å². The summed E-state index contributed by atoms with van der Waals surface area (Å²) in [7, 11) is -1.47. The molecule has 0 saturated heterocycles. The maximum Gasteiger partial charge on any atom is 0.176 e. The first-order valence-electron chi connectivity index (χ1n) is 5.35. The molecule has 0 aromatic carbocycles. The summed E-state index contributed by atoms with van der Waals surface area (Å²) in [6, 6.07) is 1.74. The first kappa shape index (κ1) is 14.2. The van der Waals surface area contributed by atoms with Crippen molar-refractivity contribution in [1.82, 2.24) is 0 Å². The van der Waals surface area contributed by atoms with Gasteiger partial charge in [-0.2, -0.15) is 0 Å². The molecule has 96 valence electrons. The number of hydrogen-bond acceptors (Lipinski definition) is 5. The summed E-state index contributed by atoms with van der Waals surface area (Å²) >= 11 is 1.32. The highest BCUT2D eigenvalue weighted by atomic mass is 32.2. The number of ether oxygens (including phenoxy) is 1. The van der Waals surface area contributed by atoms with Crippen molar-refractivity contribution in [3.63, 3.8) is 0 Å². The fourth-order valence-corrected chi connectivity index (χ4v) is 3.07. The van der Waals surface area contributed by atoms with Crippen LogP contribution in [0.5, 0.6) is 5.75 Å². The zero-order chi connectivity index (χ0) is 12.9. The second-order valence-electron chi connectivity index (χ2n) is 3.58. The summed E-state index contributed by atoms with van der Waals surface area (Å²) in [6.45, 7) is 1.61. The smallest absolute Gasteiger partial charge is 0.176 e. The molecule has 0 unspecified atom stereocenters. The second-order valence-corrected chi connectivity index (χ2v) is 6.97. The number of Topliss-reactive ketones (excluding diaryl/α,β-unsaturated/α-hetero) is 1. The highest BCUT2D eigenvalue weighted by Crippen LogP contribution is 2.26. The van der Waals surface area contributed by atoms with E-state index in [0.29, 0.717) is 17.0 Å². The van der Waals surface area contributed by atoms with Crippen LogP contribution in [0.15, 0.2) is 11.4 Å². The number of carbonyl (C=O) groups excluding carboxylic acids is 1. The van der Waals surface area contributed by atoms with Crippen LogP contribution in [-0.2, 0) is 9.84 Å². The highest BCUT2D eigenvalue weighted by Gasteiger charge is 2.15. The van der Waals surface area contributed by atoms with Crippen LogP contribution < -0.4 is 4.74 Å². The van der Waals surface area contributed by atoms with Crippen molar-refractivity contribution in [3.8, 4) is 5.75 Å². The molecule has 0 aliphatic heterocycles. The normalized spacial score (nSPS) is 11.4. The predicted octanol–water partition coefficient (Wildman–Crippen LogP) is 2.15. The van der Waals surface area contributed by atoms with E-state index in [1.807, 2.05) is 0 Å². The lowest BCUT2D eigenvalue weighted by molar-refractivity contribution is 0.0983. The van der Waals surface area contributed by atoms with E-state index in [1.54, 1.807) is 18.4 Å².